The van der Waals surface area contributed by atoms with Crippen LogP contribution in [0.15, 0.2) is 18.2 Å². The lowest BCUT2D eigenvalue weighted by Gasteiger charge is -2.14. The van der Waals surface area contributed by atoms with E-state index in [1.807, 2.05) is 0 Å². The fourth-order valence-electron chi connectivity index (χ4n) is 1.88. The molecule has 0 saturated heterocycles. The van der Waals surface area contributed by atoms with Gasteiger partial charge in [-0.05, 0) is 23.3 Å². The summed E-state index contributed by atoms with van der Waals surface area (Å²) in [5.74, 6) is -0.645. The van der Waals surface area contributed by atoms with E-state index in [-0.39, 0.29) is 5.91 Å². The first-order valence-corrected chi connectivity index (χ1v) is 5.33. The Balaban J connectivity index is 2.30. The second kappa shape index (κ2) is 4.45. The molecule has 2 rings (SSSR count). The van der Waals surface area contributed by atoms with Gasteiger partial charge < -0.3 is 15.2 Å². The molecule has 90 valence electrons. The highest BCUT2D eigenvalue weighted by Crippen LogP contribution is 2.28. The number of amides is 1. The Morgan fingerprint density at radius 2 is 2.24 bits per heavy atom. The topological polar surface area (TPSA) is 75.6 Å². The zero-order chi connectivity index (χ0) is 12.4. The van der Waals surface area contributed by atoms with Gasteiger partial charge in [0.05, 0.1) is 6.61 Å². The van der Waals surface area contributed by atoms with Crippen LogP contribution >= 0.6 is 0 Å². The third-order valence-corrected chi connectivity index (χ3v) is 2.64. The maximum absolute atomic E-state index is 11.1. The minimum absolute atomic E-state index is 0.367. The van der Waals surface area contributed by atoms with E-state index in [4.69, 9.17) is 9.84 Å². The van der Waals surface area contributed by atoms with Crippen LogP contribution in [0, 0.1) is 0 Å². The molecule has 0 bridgehead atoms. The summed E-state index contributed by atoms with van der Waals surface area (Å²) in [6.45, 7) is 1.92. The van der Waals surface area contributed by atoms with E-state index in [2.05, 4.69) is 5.32 Å². The standard InChI is InChI=1S/C12H13NO4/c1-7(14)13-11(12(15)16)9-2-3-10-8(6-9)4-5-17-10/h2-3,6,11H,4-5H2,1H3,(H,13,14)(H,15,16). The number of ether oxygens (including phenoxy) is 1. The summed E-state index contributed by atoms with van der Waals surface area (Å²) in [6.07, 6.45) is 0.773. The van der Waals surface area contributed by atoms with Crippen LogP contribution in [0.25, 0.3) is 0 Å². The first kappa shape index (κ1) is 11.4. The highest BCUT2D eigenvalue weighted by atomic mass is 16.5. The van der Waals surface area contributed by atoms with Gasteiger partial charge in [-0.3, -0.25) is 4.79 Å². The number of carbonyl (C=O) groups excluding carboxylic acids is 1. The lowest BCUT2D eigenvalue weighted by atomic mass is 10.0. The normalized spacial score (nSPS) is 14.6. The number of benzene rings is 1. The molecule has 1 amide bonds. The molecule has 17 heavy (non-hydrogen) atoms. The average molecular weight is 235 g/mol. The Morgan fingerprint density at radius 3 is 2.88 bits per heavy atom. The summed E-state index contributed by atoms with van der Waals surface area (Å²) in [4.78, 5) is 22.1. The van der Waals surface area contributed by atoms with Crippen LogP contribution in [-0.4, -0.2) is 23.6 Å². The van der Waals surface area contributed by atoms with Crippen LogP contribution in [0.2, 0.25) is 0 Å². The number of fused-ring (bicyclic) bond motifs is 1. The molecule has 5 nitrogen and oxygen atoms in total. The van der Waals surface area contributed by atoms with Gasteiger partial charge in [-0.15, -0.1) is 0 Å². The smallest absolute Gasteiger partial charge is 0.330 e. The molecule has 1 aromatic carbocycles. The summed E-state index contributed by atoms with van der Waals surface area (Å²) < 4.78 is 5.34. The van der Waals surface area contributed by atoms with Crippen LogP contribution in [0.4, 0.5) is 0 Å². The molecular formula is C12H13NO4. The molecule has 1 unspecified atom stereocenters. The van der Waals surface area contributed by atoms with Crippen molar-refractivity contribution < 1.29 is 19.4 Å². The Kier molecular flexibility index (Phi) is 2.99. The van der Waals surface area contributed by atoms with Crippen LogP contribution in [0.3, 0.4) is 0 Å². The SMILES string of the molecule is CC(=O)NC(C(=O)O)c1ccc2c(c1)CCO2. The van der Waals surface area contributed by atoms with Gasteiger partial charge in [0.15, 0.2) is 6.04 Å². The third-order valence-electron chi connectivity index (χ3n) is 2.64. The zero-order valence-corrected chi connectivity index (χ0v) is 9.40. The number of carboxylic acid groups (broad SMARTS) is 1. The van der Waals surface area contributed by atoms with Crippen molar-refractivity contribution in [3.05, 3.63) is 29.3 Å². The maximum Gasteiger partial charge on any atom is 0.330 e. The van der Waals surface area contributed by atoms with Gasteiger partial charge in [0.25, 0.3) is 0 Å². The van der Waals surface area contributed by atoms with E-state index in [1.165, 1.54) is 6.92 Å². The van der Waals surface area contributed by atoms with Crippen LogP contribution in [0.1, 0.15) is 24.1 Å². The molecule has 0 aliphatic carbocycles. The molecule has 1 atom stereocenters. The lowest BCUT2D eigenvalue weighted by molar-refractivity contribution is -0.141. The first-order valence-electron chi connectivity index (χ1n) is 5.33. The molecular weight excluding hydrogens is 222 g/mol. The van der Waals surface area contributed by atoms with E-state index in [0.717, 1.165) is 17.7 Å². The number of carbonyl (C=O) groups is 2. The first-order chi connectivity index (χ1) is 8.08. The van der Waals surface area contributed by atoms with Crippen molar-refractivity contribution in [3.8, 4) is 5.75 Å². The summed E-state index contributed by atoms with van der Waals surface area (Å²) >= 11 is 0. The predicted molar refractivity (Wildman–Crippen MR) is 59.8 cm³/mol. The molecule has 5 heteroatoms. The van der Waals surface area contributed by atoms with Crippen molar-refractivity contribution in [2.24, 2.45) is 0 Å². The highest BCUT2D eigenvalue weighted by Gasteiger charge is 2.22. The molecule has 1 heterocycles. The maximum atomic E-state index is 11.1. The molecule has 1 aliphatic rings. The van der Waals surface area contributed by atoms with E-state index in [9.17, 15) is 9.59 Å². The van der Waals surface area contributed by atoms with Gasteiger partial charge in [0.2, 0.25) is 5.91 Å². The minimum atomic E-state index is -1.07. The molecule has 0 saturated carbocycles. The fourth-order valence-corrected chi connectivity index (χ4v) is 1.88. The third kappa shape index (κ3) is 2.38. The largest absolute Gasteiger partial charge is 0.493 e. The van der Waals surface area contributed by atoms with Crippen LogP contribution < -0.4 is 10.1 Å². The van der Waals surface area contributed by atoms with Gasteiger partial charge in [-0.25, -0.2) is 4.79 Å². The summed E-state index contributed by atoms with van der Waals surface area (Å²) in [6, 6.07) is 4.18. The molecule has 0 fully saturated rings. The van der Waals surface area contributed by atoms with Crippen LogP contribution in [0.5, 0.6) is 5.75 Å². The van der Waals surface area contributed by atoms with Gasteiger partial charge in [-0.1, -0.05) is 6.07 Å². The quantitative estimate of drug-likeness (QED) is 0.815. The average Bonchev–Trinajstić information content (AvgIpc) is 2.72. The summed E-state index contributed by atoms with van der Waals surface area (Å²) in [7, 11) is 0. The second-order valence-corrected chi connectivity index (χ2v) is 3.94. The van der Waals surface area contributed by atoms with E-state index in [0.29, 0.717) is 12.2 Å². The predicted octanol–water partition coefficient (Wildman–Crippen LogP) is 0.883. The van der Waals surface area contributed by atoms with Crippen LogP contribution in [-0.2, 0) is 16.0 Å². The molecule has 0 aromatic heterocycles. The number of hydrogen-bond acceptors (Lipinski definition) is 3. The van der Waals surface area contributed by atoms with Crippen molar-refractivity contribution in [3.63, 3.8) is 0 Å². The Bertz CT molecular complexity index is 470. The van der Waals surface area contributed by atoms with Gasteiger partial charge in [-0.2, -0.15) is 0 Å². The van der Waals surface area contributed by atoms with Crippen molar-refractivity contribution in [1.29, 1.82) is 0 Å². The molecule has 1 aromatic rings. The van der Waals surface area contributed by atoms with Gasteiger partial charge in [0, 0.05) is 13.3 Å². The molecule has 0 radical (unpaired) electrons. The zero-order valence-electron chi connectivity index (χ0n) is 9.40. The summed E-state index contributed by atoms with van der Waals surface area (Å²) in [5.41, 5.74) is 1.55. The molecule has 1 aliphatic heterocycles. The van der Waals surface area contributed by atoms with E-state index in [1.54, 1.807) is 18.2 Å². The Hall–Kier alpha value is -2.04. The highest BCUT2D eigenvalue weighted by molar-refractivity contribution is 5.83. The lowest BCUT2D eigenvalue weighted by Crippen LogP contribution is -2.31. The second-order valence-electron chi connectivity index (χ2n) is 3.94. The minimum Gasteiger partial charge on any atom is -0.493 e. The van der Waals surface area contributed by atoms with Gasteiger partial charge in [0.1, 0.15) is 5.75 Å². The number of hydrogen-bond donors (Lipinski definition) is 2. The Morgan fingerprint density at radius 1 is 1.47 bits per heavy atom. The summed E-state index contributed by atoms with van der Waals surface area (Å²) in [5, 5.41) is 11.5. The van der Waals surface area contributed by atoms with E-state index < -0.39 is 12.0 Å². The van der Waals surface area contributed by atoms with E-state index >= 15 is 0 Å². The number of rotatable bonds is 3. The van der Waals surface area contributed by atoms with Gasteiger partial charge >= 0.3 is 5.97 Å². The fraction of sp³-hybridized carbons (Fsp3) is 0.333. The number of carboxylic acids is 1. The molecule has 2 N–H and O–H groups in total. The number of nitrogens with one attached hydrogen (secondary N) is 1. The van der Waals surface area contributed by atoms with Crippen molar-refractivity contribution >= 4 is 11.9 Å². The number of aliphatic carboxylic acids is 1. The van der Waals surface area contributed by atoms with Crippen molar-refractivity contribution in [2.45, 2.75) is 19.4 Å². The van der Waals surface area contributed by atoms with Crippen molar-refractivity contribution in [2.75, 3.05) is 6.61 Å². The van der Waals surface area contributed by atoms with Crippen molar-refractivity contribution in [1.82, 2.24) is 5.32 Å². The Labute approximate surface area is 98.4 Å². The monoisotopic (exact) mass is 235 g/mol. The molecule has 0 spiro atoms.